The molecule has 2 heterocycles. The maximum Gasteiger partial charge on any atom is 0.338 e. The first-order valence-electron chi connectivity index (χ1n) is 14.6. The van der Waals surface area contributed by atoms with Crippen LogP contribution in [0.1, 0.15) is 56.0 Å². The van der Waals surface area contributed by atoms with Crippen molar-refractivity contribution in [2.45, 2.75) is 46.4 Å². The lowest BCUT2D eigenvalue weighted by molar-refractivity contribution is -0.139. The van der Waals surface area contributed by atoms with Crippen LogP contribution in [0.25, 0.3) is 6.08 Å². The molecule has 3 aromatic carbocycles. The Balaban J connectivity index is 1.58. The average Bonchev–Trinajstić information content (AvgIpc) is 3.33. The smallest absolute Gasteiger partial charge is 0.338 e. The quantitative estimate of drug-likeness (QED) is 0.152. The second kappa shape index (κ2) is 14.3. The number of hydrogen-bond donors (Lipinski definition) is 0. The molecule has 0 saturated carbocycles. The van der Waals surface area contributed by atoms with Gasteiger partial charge < -0.3 is 18.9 Å². The van der Waals surface area contributed by atoms with Crippen LogP contribution in [-0.2, 0) is 16.1 Å². The predicted molar refractivity (Wildman–Crippen MR) is 184 cm³/mol. The highest BCUT2D eigenvalue weighted by atomic mass is 127. The molecule has 5 rings (SSSR count). The molecule has 1 atom stereocenters. The largest absolute Gasteiger partial charge is 0.493 e. The molecule has 0 saturated heterocycles. The number of para-hydroxylation sites is 1. The van der Waals surface area contributed by atoms with Crippen LogP contribution >= 0.6 is 33.9 Å². The van der Waals surface area contributed by atoms with Crippen LogP contribution in [0.15, 0.2) is 81.7 Å². The van der Waals surface area contributed by atoms with Crippen LogP contribution in [0.2, 0.25) is 0 Å². The second-order valence-corrected chi connectivity index (χ2v) is 12.8. The summed E-state index contributed by atoms with van der Waals surface area (Å²) < 4.78 is 26.1. The number of benzene rings is 3. The van der Waals surface area contributed by atoms with Crippen molar-refractivity contribution in [1.82, 2.24) is 4.57 Å². The van der Waals surface area contributed by atoms with Crippen molar-refractivity contribution in [3.63, 3.8) is 0 Å². The molecule has 0 radical (unpaired) electrons. The minimum absolute atomic E-state index is 0.123. The van der Waals surface area contributed by atoms with Gasteiger partial charge in [0.25, 0.3) is 5.56 Å². The fourth-order valence-corrected chi connectivity index (χ4v) is 6.93. The standard InChI is InChI=1S/C35H32IN3O6S/c1-6-43-34(41)30-21(4)38-35-39(31(30)25-9-7-8-10-27(25)45-20(2)3)33(40)29(46-35)17-24-15-26(36)32(28(16-24)42-5)44-19-23-13-11-22(18-37)12-14-23/h7-17,20,31H,6,19H2,1-5H3/b29-17-/t31-/m0/s1. The first kappa shape index (κ1) is 33.0. The van der Waals surface area contributed by atoms with Crippen molar-refractivity contribution in [3.8, 4) is 23.3 Å². The minimum Gasteiger partial charge on any atom is -0.493 e. The third kappa shape index (κ3) is 6.88. The third-order valence-electron chi connectivity index (χ3n) is 7.11. The Morgan fingerprint density at radius 2 is 1.89 bits per heavy atom. The molecule has 1 aromatic heterocycles. The molecule has 0 spiro atoms. The number of rotatable bonds is 10. The van der Waals surface area contributed by atoms with Crippen molar-refractivity contribution in [1.29, 1.82) is 5.26 Å². The fourth-order valence-electron chi connectivity index (χ4n) is 5.10. The van der Waals surface area contributed by atoms with E-state index < -0.39 is 12.0 Å². The van der Waals surface area contributed by atoms with Crippen LogP contribution in [0, 0.1) is 14.9 Å². The summed E-state index contributed by atoms with van der Waals surface area (Å²) in [5, 5.41) is 9.05. The molecule has 0 aliphatic carbocycles. The molecule has 1 aliphatic heterocycles. The summed E-state index contributed by atoms with van der Waals surface area (Å²) in [6.45, 7) is 7.83. The van der Waals surface area contributed by atoms with Gasteiger partial charge in [-0.05, 0) is 97.8 Å². The molecule has 0 fully saturated rings. The SMILES string of the molecule is CCOC(=O)C1=C(C)N=c2s/c(=C\c3cc(I)c(OCc4ccc(C#N)cc4)c(OC)c3)c(=O)n2[C@H]1c1ccccc1OC(C)C. The van der Waals surface area contributed by atoms with Gasteiger partial charge in [0.15, 0.2) is 16.3 Å². The van der Waals surface area contributed by atoms with Gasteiger partial charge in [0.1, 0.15) is 18.4 Å². The zero-order valence-electron chi connectivity index (χ0n) is 26.0. The van der Waals surface area contributed by atoms with Crippen LogP contribution in [0.5, 0.6) is 17.2 Å². The number of aromatic nitrogens is 1. The molecule has 0 N–H and O–H groups in total. The Morgan fingerprint density at radius 3 is 2.57 bits per heavy atom. The predicted octanol–water partition coefficient (Wildman–Crippen LogP) is 5.65. The van der Waals surface area contributed by atoms with Gasteiger partial charge in [-0.2, -0.15) is 5.26 Å². The highest BCUT2D eigenvalue weighted by Gasteiger charge is 2.35. The molecule has 11 heteroatoms. The highest BCUT2D eigenvalue weighted by Crippen LogP contribution is 2.37. The number of halogens is 1. The summed E-state index contributed by atoms with van der Waals surface area (Å²) in [4.78, 5) is 32.6. The second-order valence-electron chi connectivity index (χ2n) is 10.6. The Kier molecular flexibility index (Phi) is 10.3. The van der Waals surface area contributed by atoms with Gasteiger partial charge in [-0.15, -0.1) is 0 Å². The van der Waals surface area contributed by atoms with E-state index in [1.807, 2.05) is 62.4 Å². The van der Waals surface area contributed by atoms with Gasteiger partial charge >= 0.3 is 5.97 Å². The van der Waals surface area contributed by atoms with Gasteiger partial charge in [-0.3, -0.25) is 9.36 Å². The van der Waals surface area contributed by atoms with E-state index in [1.54, 1.807) is 43.7 Å². The lowest BCUT2D eigenvalue weighted by Crippen LogP contribution is -2.40. The van der Waals surface area contributed by atoms with Gasteiger partial charge in [0, 0.05) is 5.56 Å². The lowest BCUT2D eigenvalue weighted by atomic mass is 9.95. The molecule has 236 valence electrons. The Hall–Kier alpha value is -4.41. The maximum atomic E-state index is 14.2. The first-order valence-corrected chi connectivity index (χ1v) is 16.5. The van der Waals surface area contributed by atoms with E-state index in [1.165, 1.54) is 11.3 Å². The van der Waals surface area contributed by atoms with Crippen molar-refractivity contribution in [2.24, 2.45) is 4.99 Å². The van der Waals surface area contributed by atoms with E-state index in [2.05, 4.69) is 33.7 Å². The fraction of sp³-hybridized carbons (Fsp3) is 0.257. The van der Waals surface area contributed by atoms with Crippen LogP contribution in [0.3, 0.4) is 0 Å². The topological polar surface area (TPSA) is 112 Å². The Bertz CT molecular complexity index is 2040. The summed E-state index contributed by atoms with van der Waals surface area (Å²) >= 11 is 3.43. The number of nitrogens with zero attached hydrogens (tertiary/aromatic N) is 3. The normalized spacial score (nSPS) is 14.4. The zero-order chi connectivity index (χ0) is 33.0. The van der Waals surface area contributed by atoms with Crippen molar-refractivity contribution >= 4 is 46.0 Å². The average molecular weight is 750 g/mol. The number of hydrogen-bond acceptors (Lipinski definition) is 9. The number of esters is 1. The van der Waals surface area contributed by atoms with Gasteiger partial charge in [-0.1, -0.05) is 41.7 Å². The highest BCUT2D eigenvalue weighted by molar-refractivity contribution is 14.1. The lowest BCUT2D eigenvalue weighted by Gasteiger charge is -2.26. The summed E-state index contributed by atoms with van der Waals surface area (Å²) in [5.41, 5.74) is 3.38. The van der Waals surface area contributed by atoms with Gasteiger partial charge in [0.05, 0.1) is 50.8 Å². The summed E-state index contributed by atoms with van der Waals surface area (Å²) in [5.74, 6) is 1.13. The minimum atomic E-state index is -0.792. The molecule has 9 nitrogen and oxygen atoms in total. The number of carbonyl (C=O) groups is 1. The summed E-state index contributed by atoms with van der Waals surface area (Å²) in [6, 6.07) is 19.7. The molecule has 0 bridgehead atoms. The number of fused-ring (bicyclic) bond motifs is 1. The number of thiazole rings is 1. The van der Waals surface area contributed by atoms with E-state index in [-0.39, 0.29) is 18.3 Å². The molecular formula is C35H32IN3O6S. The van der Waals surface area contributed by atoms with E-state index >= 15 is 0 Å². The number of carbonyl (C=O) groups excluding carboxylic acids is 1. The first-order chi connectivity index (χ1) is 22.1. The number of nitriles is 1. The van der Waals surface area contributed by atoms with Crippen molar-refractivity contribution in [2.75, 3.05) is 13.7 Å². The van der Waals surface area contributed by atoms with Crippen LogP contribution < -0.4 is 29.1 Å². The van der Waals surface area contributed by atoms with Crippen LogP contribution in [0.4, 0.5) is 0 Å². The Labute approximate surface area is 284 Å². The molecule has 1 aliphatic rings. The van der Waals surface area contributed by atoms with E-state index in [4.69, 9.17) is 24.2 Å². The van der Waals surface area contributed by atoms with E-state index in [0.29, 0.717) is 55.6 Å². The molecular weight excluding hydrogens is 717 g/mol. The Morgan fingerprint density at radius 1 is 1.15 bits per heavy atom. The third-order valence-corrected chi connectivity index (χ3v) is 8.89. The summed E-state index contributed by atoms with van der Waals surface area (Å²) in [6.07, 6.45) is 1.66. The molecule has 0 unspecified atom stereocenters. The van der Waals surface area contributed by atoms with Crippen molar-refractivity contribution < 1.29 is 23.7 Å². The van der Waals surface area contributed by atoms with Gasteiger partial charge in [0.2, 0.25) is 0 Å². The molecule has 46 heavy (non-hydrogen) atoms. The molecule has 0 amide bonds. The van der Waals surface area contributed by atoms with E-state index in [9.17, 15) is 9.59 Å². The number of methoxy groups -OCH3 is 1. The van der Waals surface area contributed by atoms with E-state index in [0.717, 1.165) is 14.7 Å². The zero-order valence-corrected chi connectivity index (χ0v) is 29.0. The van der Waals surface area contributed by atoms with Gasteiger partial charge in [-0.25, -0.2) is 9.79 Å². The van der Waals surface area contributed by atoms with Crippen LogP contribution in [-0.4, -0.2) is 30.4 Å². The summed E-state index contributed by atoms with van der Waals surface area (Å²) in [7, 11) is 1.56. The maximum absolute atomic E-state index is 14.2. The monoisotopic (exact) mass is 749 g/mol. The number of allylic oxidation sites excluding steroid dienone is 1. The van der Waals surface area contributed by atoms with Crippen molar-refractivity contribution in [3.05, 3.63) is 117 Å². The molecule has 4 aromatic rings. The number of ether oxygens (including phenoxy) is 4.